The molecule has 0 bridgehead atoms. The van der Waals surface area contributed by atoms with E-state index >= 15 is 0 Å². The Balaban J connectivity index is 2.00. The Hall–Kier alpha value is -2.49. The molecule has 0 fully saturated rings. The predicted octanol–water partition coefficient (Wildman–Crippen LogP) is 4.40. The number of benzene rings is 2. The Bertz CT molecular complexity index is 680. The van der Waals surface area contributed by atoms with Crippen molar-refractivity contribution in [2.24, 2.45) is 0 Å². The van der Waals surface area contributed by atoms with Crippen molar-refractivity contribution >= 4 is 11.6 Å². The number of carbonyl (C=O) groups is 1. The van der Waals surface area contributed by atoms with Gasteiger partial charge in [-0.3, -0.25) is 4.79 Å². The molecule has 0 saturated heterocycles. The first-order valence-electron chi connectivity index (χ1n) is 8.18. The molecule has 4 nitrogen and oxygen atoms in total. The van der Waals surface area contributed by atoms with Crippen molar-refractivity contribution in [3.8, 4) is 11.5 Å². The molecule has 0 heterocycles. The summed E-state index contributed by atoms with van der Waals surface area (Å²) in [6.45, 7) is 4.37. The van der Waals surface area contributed by atoms with Gasteiger partial charge in [-0.2, -0.15) is 0 Å². The molecule has 0 aromatic heterocycles. The summed E-state index contributed by atoms with van der Waals surface area (Å²) in [5.74, 6) is 1.75. The van der Waals surface area contributed by atoms with Crippen molar-refractivity contribution in [2.75, 3.05) is 19.5 Å². The minimum Gasteiger partial charge on any atom is -0.493 e. The fourth-order valence-electron chi connectivity index (χ4n) is 2.51. The summed E-state index contributed by atoms with van der Waals surface area (Å²) < 4.78 is 10.5. The summed E-state index contributed by atoms with van der Waals surface area (Å²) >= 11 is 0. The first kappa shape index (κ1) is 17.9. The summed E-state index contributed by atoms with van der Waals surface area (Å²) in [5.41, 5.74) is 2.98. The lowest BCUT2D eigenvalue weighted by molar-refractivity contribution is -0.115. The zero-order valence-electron chi connectivity index (χ0n) is 14.8. The van der Waals surface area contributed by atoms with Crippen LogP contribution in [-0.2, 0) is 11.2 Å². The van der Waals surface area contributed by atoms with Crippen molar-refractivity contribution < 1.29 is 14.3 Å². The van der Waals surface area contributed by atoms with Crippen LogP contribution in [0.4, 0.5) is 5.69 Å². The first-order chi connectivity index (χ1) is 11.6. The van der Waals surface area contributed by atoms with Gasteiger partial charge in [-0.1, -0.05) is 32.0 Å². The second-order valence-corrected chi connectivity index (χ2v) is 5.85. The number of methoxy groups -OCH3 is 2. The largest absolute Gasteiger partial charge is 0.493 e. The highest BCUT2D eigenvalue weighted by Gasteiger charge is 2.09. The van der Waals surface area contributed by atoms with Gasteiger partial charge in [0.2, 0.25) is 5.91 Å². The standard InChI is InChI=1S/C20H25NO3/c1-5-14(2)16-7-9-17(10-8-16)21-20(22)13-15-6-11-18(23-3)19(12-15)24-4/h6-12,14H,5,13H2,1-4H3,(H,21,22)/t14-/m1/s1. The van der Waals surface area contributed by atoms with Crippen LogP contribution >= 0.6 is 0 Å². The minimum atomic E-state index is -0.0569. The molecule has 1 amide bonds. The summed E-state index contributed by atoms with van der Waals surface area (Å²) in [6, 6.07) is 13.5. The molecular formula is C20H25NO3. The number of hydrogen-bond acceptors (Lipinski definition) is 3. The molecule has 0 spiro atoms. The van der Waals surface area contributed by atoms with E-state index in [0.29, 0.717) is 17.4 Å². The van der Waals surface area contributed by atoms with Crippen LogP contribution in [0.3, 0.4) is 0 Å². The molecule has 0 aliphatic heterocycles. The number of carbonyl (C=O) groups excluding carboxylic acids is 1. The number of hydrogen-bond donors (Lipinski definition) is 1. The lowest BCUT2D eigenvalue weighted by Crippen LogP contribution is -2.14. The highest BCUT2D eigenvalue weighted by atomic mass is 16.5. The van der Waals surface area contributed by atoms with Crippen molar-refractivity contribution in [1.82, 2.24) is 0 Å². The Morgan fingerprint density at radius 1 is 1.04 bits per heavy atom. The highest BCUT2D eigenvalue weighted by molar-refractivity contribution is 5.92. The van der Waals surface area contributed by atoms with Gasteiger partial charge in [-0.15, -0.1) is 0 Å². The topological polar surface area (TPSA) is 47.6 Å². The average Bonchev–Trinajstić information content (AvgIpc) is 2.61. The zero-order chi connectivity index (χ0) is 17.5. The molecular weight excluding hydrogens is 302 g/mol. The maximum atomic E-state index is 12.2. The van der Waals surface area contributed by atoms with E-state index in [0.717, 1.165) is 17.7 Å². The third-order valence-corrected chi connectivity index (χ3v) is 4.19. The quantitative estimate of drug-likeness (QED) is 0.820. The molecule has 0 unspecified atom stereocenters. The molecule has 24 heavy (non-hydrogen) atoms. The average molecular weight is 327 g/mol. The number of nitrogens with one attached hydrogen (secondary N) is 1. The smallest absolute Gasteiger partial charge is 0.228 e. The lowest BCUT2D eigenvalue weighted by Gasteiger charge is -2.11. The molecule has 2 rings (SSSR count). The van der Waals surface area contributed by atoms with Gasteiger partial charge in [0.1, 0.15) is 0 Å². The van der Waals surface area contributed by atoms with E-state index in [-0.39, 0.29) is 12.3 Å². The number of rotatable bonds is 7. The van der Waals surface area contributed by atoms with Gasteiger partial charge in [0.05, 0.1) is 20.6 Å². The van der Waals surface area contributed by atoms with E-state index in [1.165, 1.54) is 5.56 Å². The van der Waals surface area contributed by atoms with Gasteiger partial charge in [-0.05, 0) is 47.7 Å². The number of amides is 1. The van der Waals surface area contributed by atoms with E-state index in [2.05, 4.69) is 31.3 Å². The third-order valence-electron chi connectivity index (χ3n) is 4.19. The van der Waals surface area contributed by atoms with Crippen molar-refractivity contribution in [1.29, 1.82) is 0 Å². The third kappa shape index (κ3) is 4.51. The van der Waals surface area contributed by atoms with Crippen molar-refractivity contribution in [3.63, 3.8) is 0 Å². The second kappa shape index (κ2) is 8.39. The molecule has 1 atom stereocenters. The van der Waals surface area contributed by atoms with Gasteiger partial charge in [0.15, 0.2) is 11.5 Å². The molecule has 0 radical (unpaired) electrons. The molecule has 2 aromatic rings. The molecule has 1 N–H and O–H groups in total. The van der Waals surface area contributed by atoms with E-state index in [1.54, 1.807) is 14.2 Å². The fraction of sp³-hybridized carbons (Fsp3) is 0.350. The normalized spacial score (nSPS) is 11.7. The molecule has 4 heteroatoms. The number of anilines is 1. The fourth-order valence-corrected chi connectivity index (χ4v) is 2.51. The van der Waals surface area contributed by atoms with Gasteiger partial charge in [-0.25, -0.2) is 0 Å². The Kier molecular flexibility index (Phi) is 6.24. The Morgan fingerprint density at radius 2 is 1.71 bits per heavy atom. The molecule has 128 valence electrons. The van der Waals surface area contributed by atoms with Crippen LogP contribution in [0.2, 0.25) is 0 Å². The van der Waals surface area contributed by atoms with Crippen molar-refractivity contribution in [3.05, 3.63) is 53.6 Å². The van der Waals surface area contributed by atoms with E-state index < -0.39 is 0 Å². The van der Waals surface area contributed by atoms with Crippen LogP contribution in [0.5, 0.6) is 11.5 Å². The Morgan fingerprint density at radius 3 is 2.29 bits per heavy atom. The van der Waals surface area contributed by atoms with Gasteiger partial charge in [0, 0.05) is 5.69 Å². The summed E-state index contributed by atoms with van der Waals surface area (Å²) in [7, 11) is 3.17. The molecule has 0 aliphatic rings. The zero-order valence-corrected chi connectivity index (χ0v) is 14.8. The maximum absolute atomic E-state index is 12.2. The summed E-state index contributed by atoms with van der Waals surface area (Å²) in [6.07, 6.45) is 1.39. The minimum absolute atomic E-state index is 0.0569. The predicted molar refractivity (Wildman–Crippen MR) is 97.0 cm³/mol. The van der Waals surface area contributed by atoms with Crippen LogP contribution in [0.25, 0.3) is 0 Å². The monoisotopic (exact) mass is 327 g/mol. The van der Waals surface area contributed by atoms with Crippen LogP contribution < -0.4 is 14.8 Å². The summed E-state index contributed by atoms with van der Waals surface area (Å²) in [4.78, 5) is 12.2. The van der Waals surface area contributed by atoms with Crippen molar-refractivity contribution in [2.45, 2.75) is 32.6 Å². The first-order valence-corrected chi connectivity index (χ1v) is 8.18. The van der Waals surface area contributed by atoms with E-state index in [1.807, 2.05) is 30.3 Å². The lowest BCUT2D eigenvalue weighted by atomic mass is 9.98. The van der Waals surface area contributed by atoms with Crippen LogP contribution in [-0.4, -0.2) is 20.1 Å². The van der Waals surface area contributed by atoms with E-state index in [4.69, 9.17) is 9.47 Å². The molecule has 2 aromatic carbocycles. The van der Waals surface area contributed by atoms with Crippen LogP contribution in [0.15, 0.2) is 42.5 Å². The van der Waals surface area contributed by atoms with E-state index in [9.17, 15) is 4.79 Å². The Labute approximate surface area is 143 Å². The maximum Gasteiger partial charge on any atom is 0.228 e. The summed E-state index contributed by atoms with van der Waals surface area (Å²) in [5, 5.41) is 2.93. The van der Waals surface area contributed by atoms with Gasteiger partial charge < -0.3 is 14.8 Å². The van der Waals surface area contributed by atoms with Crippen LogP contribution in [0.1, 0.15) is 37.3 Å². The SMILES string of the molecule is CC[C@@H](C)c1ccc(NC(=O)Cc2ccc(OC)c(OC)c2)cc1. The highest BCUT2D eigenvalue weighted by Crippen LogP contribution is 2.28. The molecule has 0 saturated carbocycles. The molecule has 0 aliphatic carbocycles. The van der Waals surface area contributed by atoms with Crippen LogP contribution in [0, 0.1) is 0 Å². The second-order valence-electron chi connectivity index (χ2n) is 5.85. The van der Waals surface area contributed by atoms with Gasteiger partial charge in [0.25, 0.3) is 0 Å². The number of ether oxygens (including phenoxy) is 2. The van der Waals surface area contributed by atoms with Gasteiger partial charge >= 0.3 is 0 Å².